The molecule has 2 rings (SSSR count). The highest BCUT2D eigenvalue weighted by Gasteiger charge is 2.28. The lowest BCUT2D eigenvalue weighted by molar-refractivity contribution is 0.0328. The average molecular weight is 213 g/mol. The number of methoxy groups -OCH3 is 1. The summed E-state index contributed by atoms with van der Waals surface area (Å²) in [5.74, 6) is 0. The number of pyridine rings is 1. The number of hydrogen-bond acceptors (Lipinski definition) is 3. The molecule has 0 atom stereocenters. The Labute approximate surface area is 88.4 Å². The van der Waals surface area contributed by atoms with Crippen molar-refractivity contribution >= 4 is 17.3 Å². The van der Waals surface area contributed by atoms with Crippen LogP contribution >= 0.6 is 11.6 Å². The summed E-state index contributed by atoms with van der Waals surface area (Å²) >= 11 is 5.68. The third kappa shape index (κ3) is 2.16. The molecule has 76 valence electrons. The highest BCUT2D eigenvalue weighted by Crippen LogP contribution is 2.26. The van der Waals surface area contributed by atoms with Gasteiger partial charge in [-0.2, -0.15) is 0 Å². The second kappa shape index (κ2) is 4.15. The molecule has 1 aliphatic carbocycles. The second-order valence-corrected chi connectivity index (χ2v) is 3.93. The highest BCUT2D eigenvalue weighted by atomic mass is 35.5. The van der Waals surface area contributed by atoms with E-state index in [0.717, 1.165) is 18.5 Å². The summed E-state index contributed by atoms with van der Waals surface area (Å²) in [5, 5.41) is 3.90. The zero-order chi connectivity index (χ0) is 9.97. The van der Waals surface area contributed by atoms with E-state index in [9.17, 15) is 0 Å². The van der Waals surface area contributed by atoms with E-state index in [4.69, 9.17) is 16.3 Å². The van der Waals surface area contributed by atoms with E-state index in [1.165, 1.54) is 0 Å². The molecule has 14 heavy (non-hydrogen) atoms. The molecule has 1 aromatic heterocycles. The Balaban J connectivity index is 1.84. The van der Waals surface area contributed by atoms with Crippen LogP contribution < -0.4 is 5.32 Å². The van der Waals surface area contributed by atoms with Gasteiger partial charge in [0.1, 0.15) is 5.15 Å². The van der Waals surface area contributed by atoms with Gasteiger partial charge in [0.05, 0.1) is 18.0 Å². The lowest BCUT2D eigenvalue weighted by Crippen LogP contribution is -2.40. The molecule has 0 radical (unpaired) electrons. The quantitative estimate of drug-likeness (QED) is 0.781. The maximum Gasteiger partial charge on any atom is 0.129 e. The number of hydrogen-bond donors (Lipinski definition) is 1. The summed E-state index contributed by atoms with van der Waals surface area (Å²) in [6.45, 7) is 0. The van der Waals surface area contributed by atoms with Gasteiger partial charge >= 0.3 is 0 Å². The molecule has 1 fully saturated rings. The van der Waals surface area contributed by atoms with Gasteiger partial charge < -0.3 is 10.1 Å². The normalized spacial score (nSPS) is 25.6. The Morgan fingerprint density at radius 1 is 1.50 bits per heavy atom. The van der Waals surface area contributed by atoms with E-state index in [1.54, 1.807) is 19.4 Å². The van der Waals surface area contributed by atoms with Crippen molar-refractivity contribution in [2.45, 2.75) is 25.0 Å². The van der Waals surface area contributed by atoms with Crippen LogP contribution in [0, 0.1) is 0 Å². The number of ether oxygens (including phenoxy) is 1. The molecule has 1 saturated carbocycles. The summed E-state index contributed by atoms with van der Waals surface area (Å²) in [7, 11) is 1.75. The largest absolute Gasteiger partial charge is 0.381 e. The van der Waals surface area contributed by atoms with Crippen LogP contribution in [0.4, 0.5) is 5.69 Å². The number of nitrogens with zero attached hydrogens (tertiary/aromatic N) is 1. The number of aromatic nitrogens is 1. The number of anilines is 1. The van der Waals surface area contributed by atoms with Crippen molar-refractivity contribution in [3.8, 4) is 0 Å². The van der Waals surface area contributed by atoms with Crippen LogP contribution in [0.1, 0.15) is 12.8 Å². The van der Waals surface area contributed by atoms with Gasteiger partial charge in [-0.25, -0.2) is 4.98 Å². The Bertz CT molecular complexity index is 295. The third-order valence-electron chi connectivity index (χ3n) is 2.53. The first kappa shape index (κ1) is 9.74. The van der Waals surface area contributed by atoms with Gasteiger partial charge in [-0.1, -0.05) is 11.6 Å². The van der Waals surface area contributed by atoms with E-state index in [1.807, 2.05) is 6.07 Å². The molecule has 0 bridgehead atoms. The molecule has 4 heteroatoms. The van der Waals surface area contributed by atoms with E-state index < -0.39 is 0 Å². The van der Waals surface area contributed by atoms with Crippen molar-refractivity contribution < 1.29 is 4.74 Å². The van der Waals surface area contributed by atoms with Crippen LogP contribution in [0.3, 0.4) is 0 Å². The lowest BCUT2D eigenvalue weighted by atomic mass is 9.89. The van der Waals surface area contributed by atoms with Gasteiger partial charge in [-0.15, -0.1) is 0 Å². The van der Waals surface area contributed by atoms with E-state index in [-0.39, 0.29) is 0 Å². The maximum absolute atomic E-state index is 5.68. The predicted molar refractivity (Wildman–Crippen MR) is 56.7 cm³/mol. The number of halogens is 1. The zero-order valence-electron chi connectivity index (χ0n) is 8.03. The van der Waals surface area contributed by atoms with Gasteiger partial charge in [0.25, 0.3) is 0 Å². The minimum Gasteiger partial charge on any atom is -0.381 e. The highest BCUT2D eigenvalue weighted by molar-refractivity contribution is 6.29. The number of nitrogens with one attached hydrogen (secondary N) is 1. The molecule has 3 nitrogen and oxygen atoms in total. The van der Waals surface area contributed by atoms with Crippen LogP contribution in [0.2, 0.25) is 5.15 Å². The molecule has 0 saturated heterocycles. The van der Waals surface area contributed by atoms with Crippen molar-refractivity contribution in [1.82, 2.24) is 4.98 Å². The molecule has 1 heterocycles. The van der Waals surface area contributed by atoms with Gasteiger partial charge in [-0.3, -0.25) is 0 Å². The van der Waals surface area contributed by atoms with Crippen molar-refractivity contribution in [1.29, 1.82) is 0 Å². The van der Waals surface area contributed by atoms with Gasteiger partial charge in [-0.05, 0) is 25.0 Å². The molecular formula is C10H13ClN2O. The fraction of sp³-hybridized carbons (Fsp3) is 0.500. The topological polar surface area (TPSA) is 34.1 Å². The average Bonchev–Trinajstić information content (AvgIpc) is 2.13. The summed E-state index contributed by atoms with van der Waals surface area (Å²) in [4.78, 5) is 4.00. The van der Waals surface area contributed by atoms with Crippen LogP contribution in [-0.4, -0.2) is 24.2 Å². The standard InChI is InChI=1S/C10H13ClN2O/c1-14-9-4-8(5-9)13-7-2-3-10(11)12-6-7/h2-3,6,8-9,13H,4-5H2,1H3. The molecule has 0 amide bonds. The third-order valence-corrected chi connectivity index (χ3v) is 2.75. The van der Waals surface area contributed by atoms with Gasteiger partial charge in [0, 0.05) is 13.2 Å². The van der Waals surface area contributed by atoms with Crippen molar-refractivity contribution in [2.24, 2.45) is 0 Å². The summed E-state index contributed by atoms with van der Waals surface area (Å²) in [6.07, 6.45) is 4.31. The van der Waals surface area contributed by atoms with Crippen LogP contribution in [-0.2, 0) is 4.74 Å². The Morgan fingerprint density at radius 2 is 2.29 bits per heavy atom. The fourth-order valence-electron chi connectivity index (χ4n) is 1.57. The number of rotatable bonds is 3. The molecule has 1 aromatic rings. The summed E-state index contributed by atoms with van der Waals surface area (Å²) < 4.78 is 5.20. The van der Waals surface area contributed by atoms with Crippen molar-refractivity contribution in [3.05, 3.63) is 23.5 Å². The molecule has 1 aliphatic rings. The first-order chi connectivity index (χ1) is 6.78. The SMILES string of the molecule is COC1CC(Nc2ccc(Cl)nc2)C1. The molecule has 0 aliphatic heterocycles. The maximum atomic E-state index is 5.68. The van der Waals surface area contributed by atoms with Gasteiger partial charge in [0.15, 0.2) is 0 Å². The van der Waals surface area contributed by atoms with Gasteiger partial charge in [0.2, 0.25) is 0 Å². The minimum absolute atomic E-state index is 0.424. The van der Waals surface area contributed by atoms with Crippen LogP contribution in [0.25, 0.3) is 0 Å². The van der Waals surface area contributed by atoms with E-state index >= 15 is 0 Å². The molecule has 0 aromatic carbocycles. The second-order valence-electron chi connectivity index (χ2n) is 3.54. The zero-order valence-corrected chi connectivity index (χ0v) is 8.79. The van der Waals surface area contributed by atoms with Crippen molar-refractivity contribution in [3.63, 3.8) is 0 Å². The summed E-state index contributed by atoms with van der Waals surface area (Å²) in [6, 6.07) is 4.24. The van der Waals surface area contributed by atoms with Crippen LogP contribution in [0.15, 0.2) is 18.3 Å². The Kier molecular flexibility index (Phi) is 2.89. The predicted octanol–water partition coefficient (Wildman–Crippen LogP) is 2.32. The van der Waals surface area contributed by atoms with Crippen molar-refractivity contribution in [2.75, 3.05) is 12.4 Å². The Hall–Kier alpha value is -0.800. The van der Waals surface area contributed by atoms with Crippen LogP contribution in [0.5, 0.6) is 0 Å². The lowest BCUT2D eigenvalue weighted by Gasteiger charge is -2.35. The molecule has 0 spiro atoms. The fourth-order valence-corrected chi connectivity index (χ4v) is 1.68. The molecule has 0 unspecified atom stereocenters. The molecule has 1 N–H and O–H groups in total. The first-order valence-corrected chi connectivity index (χ1v) is 5.06. The van der Waals surface area contributed by atoms with E-state index in [2.05, 4.69) is 10.3 Å². The smallest absolute Gasteiger partial charge is 0.129 e. The molecular weight excluding hydrogens is 200 g/mol. The van der Waals surface area contributed by atoms with E-state index in [0.29, 0.717) is 17.3 Å². The minimum atomic E-state index is 0.424. The first-order valence-electron chi connectivity index (χ1n) is 4.69. The monoisotopic (exact) mass is 212 g/mol. The summed E-state index contributed by atoms with van der Waals surface area (Å²) in [5.41, 5.74) is 1.02. The Morgan fingerprint density at radius 3 is 2.86 bits per heavy atom.